The molecule has 0 aliphatic carbocycles. The number of nitrogens with zero attached hydrogens (tertiary/aromatic N) is 1. The number of nitrogens with one attached hydrogen (secondary N) is 1. The van der Waals surface area contributed by atoms with Gasteiger partial charge in [-0.1, -0.05) is 34.1 Å². The van der Waals surface area contributed by atoms with Gasteiger partial charge < -0.3 is 9.47 Å². The molecule has 1 N–H and O–H groups in total. The molecule has 3 aromatic rings. The van der Waals surface area contributed by atoms with Gasteiger partial charge in [-0.2, -0.15) is 0 Å². The van der Waals surface area contributed by atoms with Crippen molar-refractivity contribution >= 4 is 45.5 Å². The Hall–Kier alpha value is -3.91. The van der Waals surface area contributed by atoms with Crippen LogP contribution >= 0.6 is 15.9 Å². The van der Waals surface area contributed by atoms with Gasteiger partial charge in [0.1, 0.15) is 17.1 Å². The molecule has 1 aliphatic rings. The lowest BCUT2D eigenvalue weighted by molar-refractivity contribution is -0.117. The van der Waals surface area contributed by atoms with Crippen LogP contribution in [-0.2, 0) is 9.59 Å². The smallest absolute Gasteiger partial charge is 0.343 e. The third-order valence-electron chi connectivity index (χ3n) is 4.71. The summed E-state index contributed by atoms with van der Waals surface area (Å²) in [5.41, 5.74) is 3.74. The van der Waals surface area contributed by atoms with Gasteiger partial charge in [0.25, 0.3) is 11.8 Å². The number of carbonyl (C=O) groups is 3. The third-order valence-corrected chi connectivity index (χ3v) is 5.20. The van der Waals surface area contributed by atoms with Crippen molar-refractivity contribution < 1.29 is 23.9 Å². The maximum atomic E-state index is 12.9. The molecule has 0 spiro atoms. The molecule has 3 aromatic carbocycles. The number of benzene rings is 3. The van der Waals surface area contributed by atoms with Crippen LogP contribution in [0.25, 0.3) is 6.08 Å². The summed E-state index contributed by atoms with van der Waals surface area (Å²) in [6, 6.07) is 20.2. The summed E-state index contributed by atoms with van der Waals surface area (Å²) in [7, 11) is 1.54. The van der Waals surface area contributed by atoms with Crippen molar-refractivity contribution in [3.63, 3.8) is 0 Å². The van der Waals surface area contributed by atoms with E-state index in [2.05, 4.69) is 21.4 Å². The van der Waals surface area contributed by atoms with Crippen LogP contribution in [0.2, 0.25) is 0 Å². The zero-order valence-corrected chi connectivity index (χ0v) is 18.5. The van der Waals surface area contributed by atoms with E-state index in [1.54, 1.807) is 66.7 Å². The minimum absolute atomic E-state index is 0.0753. The zero-order chi connectivity index (χ0) is 22.7. The molecule has 0 aromatic heterocycles. The number of anilines is 1. The Morgan fingerprint density at radius 1 is 1.00 bits per heavy atom. The van der Waals surface area contributed by atoms with Crippen LogP contribution < -0.4 is 19.9 Å². The molecular weight excluding hydrogens is 476 g/mol. The first-order valence-corrected chi connectivity index (χ1v) is 10.3. The molecule has 1 heterocycles. The van der Waals surface area contributed by atoms with Gasteiger partial charge in [0.2, 0.25) is 0 Å². The minimum atomic E-state index is -0.581. The normalized spacial score (nSPS) is 14.4. The van der Waals surface area contributed by atoms with Gasteiger partial charge in [-0.15, -0.1) is 0 Å². The summed E-state index contributed by atoms with van der Waals surface area (Å²) in [6.45, 7) is 0. The molecule has 8 heteroatoms. The van der Waals surface area contributed by atoms with Gasteiger partial charge in [-0.25, -0.2) is 9.80 Å². The monoisotopic (exact) mass is 492 g/mol. The van der Waals surface area contributed by atoms with E-state index in [1.807, 2.05) is 6.07 Å². The number of methoxy groups -OCH3 is 1. The number of rotatable bonds is 5. The molecule has 1 fully saturated rings. The number of carbonyl (C=O) groups excluding carboxylic acids is 3. The van der Waals surface area contributed by atoms with Crippen molar-refractivity contribution in [2.24, 2.45) is 0 Å². The predicted octanol–water partition coefficient (Wildman–Crippen LogP) is 4.14. The lowest BCUT2D eigenvalue weighted by atomic mass is 10.1. The van der Waals surface area contributed by atoms with Crippen LogP contribution in [0.1, 0.15) is 15.9 Å². The highest BCUT2D eigenvalue weighted by Gasteiger charge is 2.34. The highest BCUT2D eigenvalue weighted by molar-refractivity contribution is 9.10. The van der Waals surface area contributed by atoms with Crippen LogP contribution in [0, 0.1) is 0 Å². The molecule has 2 amide bonds. The average molecular weight is 493 g/mol. The number of hydrazine groups is 1. The number of amides is 2. The second-order valence-corrected chi connectivity index (χ2v) is 7.69. The molecule has 7 nitrogen and oxygen atoms in total. The number of esters is 1. The molecule has 0 radical (unpaired) electrons. The average Bonchev–Trinajstić information content (AvgIpc) is 3.09. The quantitative estimate of drug-likeness (QED) is 0.250. The van der Waals surface area contributed by atoms with Crippen molar-refractivity contribution in [3.8, 4) is 11.5 Å². The Kier molecular flexibility index (Phi) is 6.04. The Labute approximate surface area is 192 Å². The summed E-state index contributed by atoms with van der Waals surface area (Å²) in [6.07, 6.45) is 1.40. The van der Waals surface area contributed by atoms with Gasteiger partial charge in [-0.05, 0) is 60.7 Å². The maximum Gasteiger partial charge on any atom is 0.343 e. The Morgan fingerprint density at radius 3 is 2.41 bits per heavy atom. The Balaban J connectivity index is 1.63. The number of ether oxygens (including phenoxy) is 2. The zero-order valence-electron chi connectivity index (χ0n) is 16.9. The van der Waals surface area contributed by atoms with Gasteiger partial charge in [0, 0.05) is 10.0 Å². The van der Waals surface area contributed by atoms with Crippen molar-refractivity contribution in [1.29, 1.82) is 0 Å². The first-order valence-electron chi connectivity index (χ1n) is 9.54. The second-order valence-electron chi connectivity index (χ2n) is 6.78. The SMILES string of the molecule is COc1ccc(C(=O)Oc2ccc(Br)cc2C=C2C(=O)NN(c3ccccc3)C2=O)cc1. The van der Waals surface area contributed by atoms with E-state index in [9.17, 15) is 14.4 Å². The Morgan fingerprint density at radius 2 is 1.72 bits per heavy atom. The predicted molar refractivity (Wildman–Crippen MR) is 122 cm³/mol. The van der Waals surface area contributed by atoms with Crippen molar-refractivity contribution in [2.45, 2.75) is 0 Å². The van der Waals surface area contributed by atoms with Crippen LogP contribution in [0.15, 0.2) is 82.8 Å². The number of hydrogen-bond donors (Lipinski definition) is 1. The van der Waals surface area contributed by atoms with Crippen LogP contribution in [0.5, 0.6) is 11.5 Å². The lowest BCUT2D eigenvalue weighted by Gasteiger charge is -2.14. The van der Waals surface area contributed by atoms with E-state index < -0.39 is 17.8 Å². The lowest BCUT2D eigenvalue weighted by Crippen LogP contribution is -2.35. The van der Waals surface area contributed by atoms with Crippen molar-refractivity contribution in [2.75, 3.05) is 12.1 Å². The first-order chi connectivity index (χ1) is 15.5. The van der Waals surface area contributed by atoms with E-state index in [0.717, 1.165) is 0 Å². The fourth-order valence-corrected chi connectivity index (χ4v) is 3.46. The molecule has 0 atom stereocenters. The van der Waals surface area contributed by atoms with Gasteiger partial charge in [0.15, 0.2) is 0 Å². The standard InChI is InChI=1S/C24H17BrN2O5/c1-31-19-10-7-15(8-11-19)24(30)32-21-12-9-17(25)13-16(21)14-20-22(28)26-27(23(20)29)18-5-3-2-4-6-18/h2-14H,1H3,(H,26,28). The van der Waals surface area contributed by atoms with E-state index in [-0.39, 0.29) is 11.3 Å². The second kappa shape index (κ2) is 9.07. The molecule has 1 saturated heterocycles. The summed E-state index contributed by atoms with van der Waals surface area (Å²) in [4.78, 5) is 38.0. The van der Waals surface area contributed by atoms with Gasteiger partial charge in [0.05, 0.1) is 18.4 Å². The molecule has 0 saturated carbocycles. The summed E-state index contributed by atoms with van der Waals surface area (Å²) >= 11 is 3.37. The van der Waals surface area contributed by atoms with E-state index in [1.165, 1.54) is 18.2 Å². The maximum absolute atomic E-state index is 12.9. The Bertz CT molecular complexity index is 1220. The number of hydrogen-bond acceptors (Lipinski definition) is 5. The molecule has 1 aliphatic heterocycles. The fourth-order valence-electron chi connectivity index (χ4n) is 3.08. The fraction of sp³-hybridized carbons (Fsp3) is 0.0417. The molecule has 160 valence electrons. The van der Waals surface area contributed by atoms with E-state index in [0.29, 0.717) is 27.0 Å². The summed E-state index contributed by atoms with van der Waals surface area (Å²) in [5.74, 6) is -0.813. The molecule has 4 rings (SSSR count). The number of halogens is 1. The van der Waals surface area contributed by atoms with Gasteiger partial charge in [-0.3, -0.25) is 15.0 Å². The molecule has 32 heavy (non-hydrogen) atoms. The van der Waals surface area contributed by atoms with Gasteiger partial charge >= 0.3 is 5.97 Å². The molecule has 0 unspecified atom stereocenters. The van der Waals surface area contributed by atoms with Crippen molar-refractivity contribution in [3.05, 3.63) is 94.0 Å². The first kappa shape index (κ1) is 21.3. The number of para-hydroxylation sites is 1. The summed E-state index contributed by atoms with van der Waals surface area (Å²) < 4.78 is 11.3. The topological polar surface area (TPSA) is 84.9 Å². The highest BCUT2D eigenvalue weighted by Crippen LogP contribution is 2.29. The van der Waals surface area contributed by atoms with Crippen LogP contribution in [-0.4, -0.2) is 24.9 Å². The summed E-state index contributed by atoms with van der Waals surface area (Å²) in [5, 5.41) is 1.18. The minimum Gasteiger partial charge on any atom is -0.497 e. The molecule has 0 bridgehead atoms. The van der Waals surface area contributed by atoms with E-state index in [4.69, 9.17) is 9.47 Å². The highest BCUT2D eigenvalue weighted by atomic mass is 79.9. The van der Waals surface area contributed by atoms with E-state index >= 15 is 0 Å². The molecular formula is C24H17BrN2O5. The van der Waals surface area contributed by atoms with Crippen molar-refractivity contribution in [1.82, 2.24) is 5.43 Å². The van der Waals surface area contributed by atoms with Crippen LogP contribution in [0.4, 0.5) is 5.69 Å². The largest absolute Gasteiger partial charge is 0.497 e. The third kappa shape index (κ3) is 4.40. The van der Waals surface area contributed by atoms with Crippen LogP contribution in [0.3, 0.4) is 0 Å².